The van der Waals surface area contributed by atoms with Gasteiger partial charge in [0.1, 0.15) is 0 Å². The fraction of sp³-hybridized carbons (Fsp3) is 0.312. The third-order valence-corrected chi connectivity index (χ3v) is 5.19. The van der Waals surface area contributed by atoms with Gasteiger partial charge < -0.3 is 10.6 Å². The first-order valence-corrected chi connectivity index (χ1v) is 8.44. The number of hydrogen-bond acceptors (Lipinski definition) is 3. The molecular weight excluding hydrogens is 348 g/mol. The number of benzene rings is 1. The number of rotatable bonds is 5. The molecule has 2 rings (SSSR count). The van der Waals surface area contributed by atoms with Gasteiger partial charge in [0.15, 0.2) is 0 Å². The smallest absolute Gasteiger partial charge is 0.227 e. The summed E-state index contributed by atoms with van der Waals surface area (Å²) in [7, 11) is 1.82. The molecule has 0 saturated carbocycles. The van der Waals surface area contributed by atoms with Gasteiger partial charge in [0.25, 0.3) is 0 Å². The lowest BCUT2D eigenvalue weighted by Gasteiger charge is -2.25. The normalized spacial score (nSPS) is 13.7. The summed E-state index contributed by atoms with van der Waals surface area (Å²) in [4.78, 5) is 15.4. The fourth-order valence-corrected chi connectivity index (χ4v) is 3.72. The third kappa shape index (κ3) is 4.15. The summed E-state index contributed by atoms with van der Waals surface area (Å²) in [6.45, 7) is 2.50. The van der Waals surface area contributed by atoms with E-state index < -0.39 is 0 Å². The van der Waals surface area contributed by atoms with Gasteiger partial charge in [-0.15, -0.1) is 11.3 Å². The molecule has 1 aromatic heterocycles. The fourth-order valence-electron chi connectivity index (χ4n) is 2.21. The van der Waals surface area contributed by atoms with Crippen LogP contribution in [0.15, 0.2) is 46.3 Å². The number of hydrogen-bond donors (Lipinski definition) is 1. The summed E-state index contributed by atoms with van der Waals surface area (Å²) in [6, 6.07) is 11.5. The third-order valence-electron chi connectivity index (χ3n) is 3.50. The predicted molar refractivity (Wildman–Crippen MR) is 91.0 cm³/mol. The van der Waals surface area contributed by atoms with E-state index in [-0.39, 0.29) is 17.9 Å². The van der Waals surface area contributed by atoms with Crippen molar-refractivity contribution in [3.63, 3.8) is 0 Å². The molecule has 0 aliphatic carbocycles. The van der Waals surface area contributed by atoms with Gasteiger partial charge in [-0.1, -0.05) is 37.3 Å². The van der Waals surface area contributed by atoms with Crippen molar-refractivity contribution in [3.8, 4) is 0 Å². The second kappa shape index (κ2) is 7.20. The van der Waals surface area contributed by atoms with Crippen LogP contribution in [0, 0.1) is 5.92 Å². The largest absolute Gasteiger partial charge is 0.340 e. The Morgan fingerprint density at radius 1 is 1.38 bits per heavy atom. The van der Waals surface area contributed by atoms with Gasteiger partial charge in [-0.25, -0.2) is 0 Å². The van der Waals surface area contributed by atoms with Gasteiger partial charge in [0, 0.05) is 27.8 Å². The Kier molecular flexibility index (Phi) is 5.56. The van der Waals surface area contributed by atoms with Gasteiger partial charge >= 0.3 is 0 Å². The van der Waals surface area contributed by atoms with Crippen LogP contribution in [0.1, 0.15) is 23.4 Å². The molecule has 21 heavy (non-hydrogen) atoms. The quantitative estimate of drug-likeness (QED) is 0.874. The van der Waals surface area contributed by atoms with E-state index in [9.17, 15) is 4.79 Å². The summed E-state index contributed by atoms with van der Waals surface area (Å²) in [6.07, 6.45) is 0. The molecule has 3 nitrogen and oxygen atoms in total. The average molecular weight is 367 g/mol. The highest BCUT2D eigenvalue weighted by molar-refractivity contribution is 9.10. The summed E-state index contributed by atoms with van der Waals surface area (Å²) >= 11 is 5.07. The molecule has 0 radical (unpaired) electrons. The molecule has 1 aromatic carbocycles. The number of halogens is 1. The molecule has 0 aliphatic rings. The van der Waals surface area contributed by atoms with Crippen molar-refractivity contribution in [2.24, 2.45) is 11.7 Å². The first kappa shape index (κ1) is 16.2. The van der Waals surface area contributed by atoms with E-state index in [4.69, 9.17) is 5.73 Å². The second-order valence-electron chi connectivity index (χ2n) is 5.15. The molecule has 0 saturated heterocycles. The lowest BCUT2D eigenvalue weighted by atomic mass is 9.94. The first-order chi connectivity index (χ1) is 9.99. The molecule has 112 valence electrons. The zero-order chi connectivity index (χ0) is 15.4. The average Bonchev–Trinajstić information content (AvgIpc) is 2.90. The van der Waals surface area contributed by atoms with E-state index in [1.807, 2.05) is 55.7 Å². The Morgan fingerprint density at radius 3 is 2.62 bits per heavy atom. The monoisotopic (exact) mass is 366 g/mol. The summed E-state index contributed by atoms with van der Waals surface area (Å²) in [5.41, 5.74) is 7.21. The molecule has 1 amide bonds. The van der Waals surface area contributed by atoms with E-state index in [2.05, 4.69) is 15.9 Å². The summed E-state index contributed by atoms with van der Waals surface area (Å²) in [5.74, 6) is -0.184. The molecule has 2 aromatic rings. The molecule has 0 fully saturated rings. The molecule has 0 aliphatic heterocycles. The van der Waals surface area contributed by atoms with E-state index in [1.165, 1.54) is 0 Å². The van der Waals surface area contributed by atoms with Gasteiger partial charge in [-0.05, 0) is 27.6 Å². The van der Waals surface area contributed by atoms with Gasteiger partial charge in [-0.2, -0.15) is 0 Å². The molecule has 5 heteroatoms. The van der Waals surface area contributed by atoms with Crippen molar-refractivity contribution in [1.82, 2.24) is 4.90 Å². The van der Waals surface area contributed by atoms with E-state index in [1.54, 1.807) is 16.2 Å². The summed E-state index contributed by atoms with van der Waals surface area (Å²) < 4.78 is 1.05. The van der Waals surface area contributed by atoms with Crippen LogP contribution in [0.25, 0.3) is 0 Å². The Bertz CT molecular complexity index is 599. The Hall–Kier alpha value is -1.17. The minimum atomic E-state index is -0.281. The van der Waals surface area contributed by atoms with E-state index in [0.29, 0.717) is 6.54 Å². The van der Waals surface area contributed by atoms with Crippen molar-refractivity contribution in [3.05, 3.63) is 56.7 Å². The van der Waals surface area contributed by atoms with Crippen molar-refractivity contribution >= 4 is 33.2 Å². The highest BCUT2D eigenvalue weighted by Gasteiger charge is 2.25. The van der Waals surface area contributed by atoms with Crippen LogP contribution >= 0.6 is 27.3 Å². The minimum Gasteiger partial charge on any atom is -0.340 e. The molecule has 2 unspecified atom stereocenters. The lowest BCUT2D eigenvalue weighted by Crippen LogP contribution is -2.36. The lowest BCUT2D eigenvalue weighted by molar-refractivity contribution is -0.134. The maximum absolute atomic E-state index is 12.5. The zero-order valence-electron chi connectivity index (χ0n) is 12.1. The molecule has 1 heterocycles. The number of carbonyl (C=O) groups excluding carboxylic acids is 1. The van der Waals surface area contributed by atoms with Gasteiger partial charge in [0.05, 0.1) is 12.5 Å². The number of amides is 1. The topological polar surface area (TPSA) is 46.3 Å². The van der Waals surface area contributed by atoms with Crippen molar-refractivity contribution in [2.45, 2.75) is 19.5 Å². The van der Waals surface area contributed by atoms with Crippen molar-refractivity contribution in [2.75, 3.05) is 7.05 Å². The Morgan fingerprint density at radius 2 is 2.05 bits per heavy atom. The standard InChI is InChI=1S/C16H19BrN2OS/c1-11(15(18)12-6-4-3-5-7-12)16(20)19(2)9-14-8-13(17)10-21-14/h3-8,10-11,15H,9,18H2,1-2H3. The van der Waals surface area contributed by atoms with Gasteiger partial charge in [0.2, 0.25) is 5.91 Å². The van der Waals surface area contributed by atoms with Crippen LogP contribution in [-0.2, 0) is 11.3 Å². The predicted octanol–water partition coefficient (Wildman–Crippen LogP) is 3.81. The molecule has 0 spiro atoms. The van der Waals surface area contributed by atoms with Crippen LogP contribution < -0.4 is 5.73 Å². The van der Waals surface area contributed by atoms with Crippen LogP contribution in [0.2, 0.25) is 0 Å². The number of thiophene rings is 1. The van der Waals surface area contributed by atoms with Crippen LogP contribution in [0.4, 0.5) is 0 Å². The van der Waals surface area contributed by atoms with Crippen LogP contribution in [0.3, 0.4) is 0 Å². The highest BCUT2D eigenvalue weighted by atomic mass is 79.9. The molecule has 2 atom stereocenters. The highest BCUT2D eigenvalue weighted by Crippen LogP contribution is 2.24. The molecule has 0 bridgehead atoms. The zero-order valence-corrected chi connectivity index (χ0v) is 14.5. The van der Waals surface area contributed by atoms with Crippen LogP contribution in [-0.4, -0.2) is 17.9 Å². The molecular formula is C16H19BrN2OS. The number of carbonyl (C=O) groups is 1. The van der Waals surface area contributed by atoms with Crippen molar-refractivity contribution < 1.29 is 4.79 Å². The minimum absolute atomic E-state index is 0.0656. The SMILES string of the molecule is CC(C(=O)N(C)Cc1cc(Br)cs1)C(N)c1ccccc1. The first-order valence-electron chi connectivity index (χ1n) is 6.77. The number of nitrogens with zero attached hydrogens (tertiary/aromatic N) is 1. The number of nitrogens with two attached hydrogens (primary N) is 1. The Labute approximate surface area is 137 Å². The summed E-state index contributed by atoms with van der Waals surface area (Å²) in [5, 5.41) is 2.02. The maximum atomic E-state index is 12.5. The van der Waals surface area contributed by atoms with Crippen molar-refractivity contribution in [1.29, 1.82) is 0 Å². The van der Waals surface area contributed by atoms with Gasteiger partial charge in [-0.3, -0.25) is 4.79 Å². The van der Waals surface area contributed by atoms with Crippen LogP contribution in [0.5, 0.6) is 0 Å². The molecule has 2 N–H and O–H groups in total. The Balaban J connectivity index is 2.01. The maximum Gasteiger partial charge on any atom is 0.227 e. The van der Waals surface area contributed by atoms with E-state index in [0.717, 1.165) is 14.9 Å². The van der Waals surface area contributed by atoms with E-state index >= 15 is 0 Å². The second-order valence-corrected chi connectivity index (χ2v) is 7.06.